The number of rotatable bonds is 6. The van der Waals surface area contributed by atoms with Gasteiger partial charge in [0.05, 0.1) is 32.8 Å². The van der Waals surface area contributed by atoms with Crippen molar-refractivity contribution >= 4 is 17.7 Å². The second kappa shape index (κ2) is 9.42. The Balaban J connectivity index is 1.76. The summed E-state index contributed by atoms with van der Waals surface area (Å²) in [4.78, 5) is 26.8. The Morgan fingerprint density at radius 2 is 1.84 bits per heavy atom. The predicted molar refractivity (Wildman–Crippen MR) is 97.9 cm³/mol. The fourth-order valence-corrected chi connectivity index (χ4v) is 2.96. The molecule has 2 rings (SSSR count). The van der Waals surface area contributed by atoms with Crippen LogP contribution >= 0.6 is 0 Å². The molecule has 0 aromatic heterocycles. The zero-order chi connectivity index (χ0) is 18.2. The minimum atomic E-state index is -0.257. The van der Waals surface area contributed by atoms with Gasteiger partial charge >= 0.3 is 6.09 Å². The number of anilines is 1. The number of hydrogen-bond donors (Lipinski definition) is 2. The van der Waals surface area contributed by atoms with Crippen LogP contribution in [-0.4, -0.2) is 56.2 Å². The Morgan fingerprint density at radius 1 is 1.20 bits per heavy atom. The molecule has 1 aromatic rings. The summed E-state index contributed by atoms with van der Waals surface area (Å²) in [5.74, 6) is 0.542. The van der Waals surface area contributed by atoms with E-state index in [1.165, 1.54) is 10.5 Å². The highest BCUT2D eigenvalue weighted by Gasteiger charge is 2.25. The standard InChI is InChI=1S/C19H29N3O3/c1-4-15(3)16-6-8-17(9-7-16)20-18(23)14-21-10-12-22(13-11-21)19(24)25-5-2/h6-9,15H,4-5,10-14H2,1-3H3,(H,20,23)/p+1/t15-/m0/s1. The number of hydrogen-bond acceptors (Lipinski definition) is 3. The lowest BCUT2D eigenvalue weighted by molar-refractivity contribution is -0.895. The van der Waals surface area contributed by atoms with E-state index in [-0.39, 0.29) is 12.0 Å². The van der Waals surface area contributed by atoms with Crippen LogP contribution < -0.4 is 10.2 Å². The highest BCUT2D eigenvalue weighted by atomic mass is 16.6. The summed E-state index contributed by atoms with van der Waals surface area (Å²) in [6, 6.07) is 8.09. The van der Waals surface area contributed by atoms with Gasteiger partial charge in [0.25, 0.3) is 5.91 Å². The van der Waals surface area contributed by atoms with Crippen LogP contribution in [-0.2, 0) is 9.53 Å². The molecule has 1 aliphatic heterocycles. The summed E-state index contributed by atoms with van der Waals surface area (Å²) >= 11 is 0. The third-order valence-corrected chi connectivity index (χ3v) is 4.78. The van der Waals surface area contributed by atoms with Gasteiger partial charge in [-0.05, 0) is 37.0 Å². The molecule has 2 N–H and O–H groups in total. The lowest BCUT2D eigenvalue weighted by Crippen LogP contribution is -3.15. The first-order valence-electron chi connectivity index (χ1n) is 9.18. The minimum absolute atomic E-state index is 0.0101. The highest BCUT2D eigenvalue weighted by molar-refractivity contribution is 5.91. The van der Waals surface area contributed by atoms with E-state index >= 15 is 0 Å². The summed E-state index contributed by atoms with van der Waals surface area (Å²) in [7, 11) is 0. The van der Waals surface area contributed by atoms with Gasteiger partial charge in [0.2, 0.25) is 0 Å². The fourth-order valence-electron chi connectivity index (χ4n) is 2.96. The first-order valence-corrected chi connectivity index (χ1v) is 9.18. The number of piperazine rings is 1. The monoisotopic (exact) mass is 348 g/mol. The Bertz CT molecular complexity index is 566. The molecule has 1 heterocycles. The van der Waals surface area contributed by atoms with E-state index in [2.05, 4.69) is 31.3 Å². The molecule has 0 saturated carbocycles. The largest absolute Gasteiger partial charge is 0.450 e. The van der Waals surface area contributed by atoms with Crippen molar-refractivity contribution in [1.29, 1.82) is 0 Å². The Labute approximate surface area is 150 Å². The van der Waals surface area contributed by atoms with E-state index in [1.807, 2.05) is 12.1 Å². The average Bonchev–Trinajstić information content (AvgIpc) is 2.62. The molecule has 6 heteroatoms. The first kappa shape index (κ1) is 19.2. The van der Waals surface area contributed by atoms with Crippen LogP contribution in [0.1, 0.15) is 38.7 Å². The predicted octanol–water partition coefficient (Wildman–Crippen LogP) is 1.50. The number of benzene rings is 1. The maximum absolute atomic E-state index is 12.2. The molecule has 0 radical (unpaired) electrons. The van der Waals surface area contributed by atoms with Gasteiger partial charge in [0.1, 0.15) is 0 Å². The third-order valence-electron chi connectivity index (χ3n) is 4.78. The maximum Gasteiger partial charge on any atom is 0.410 e. The van der Waals surface area contributed by atoms with Gasteiger partial charge in [-0.1, -0.05) is 26.0 Å². The van der Waals surface area contributed by atoms with Crippen LogP contribution in [0.4, 0.5) is 10.5 Å². The number of amides is 2. The van der Waals surface area contributed by atoms with Crippen molar-refractivity contribution < 1.29 is 19.2 Å². The summed E-state index contributed by atoms with van der Waals surface area (Å²) < 4.78 is 5.01. The smallest absolute Gasteiger partial charge is 0.410 e. The number of ether oxygens (including phenoxy) is 1. The molecule has 2 amide bonds. The number of nitrogens with zero attached hydrogens (tertiary/aromatic N) is 1. The fraction of sp³-hybridized carbons (Fsp3) is 0.579. The van der Waals surface area contributed by atoms with E-state index in [4.69, 9.17) is 4.74 Å². The van der Waals surface area contributed by atoms with Gasteiger partial charge in [-0.25, -0.2) is 4.79 Å². The lowest BCUT2D eigenvalue weighted by Gasteiger charge is -2.31. The second-order valence-electron chi connectivity index (χ2n) is 6.59. The minimum Gasteiger partial charge on any atom is -0.450 e. The molecule has 25 heavy (non-hydrogen) atoms. The molecular formula is C19H30N3O3+. The van der Waals surface area contributed by atoms with Crippen LogP contribution in [0, 0.1) is 0 Å². The van der Waals surface area contributed by atoms with Crippen LogP contribution in [0.3, 0.4) is 0 Å². The average molecular weight is 348 g/mol. The van der Waals surface area contributed by atoms with Crippen molar-refractivity contribution in [2.75, 3.05) is 44.6 Å². The van der Waals surface area contributed by atoms with Crippen LogP contribution in [0.25, 0.3) is 0 Å². The summed E-state index contributed by atoms with van der Waals surface area (Å²) in [6.07, 6.45) is 0.847. The van der Waals surface area contributed by atoms with Crippen molar-refractivity contribution in [3.63, 3.8) is 0 Å². The summed E-state index contributed by atoms with van der Waals surface area (Å²) in [6.45, 7) is 9.78. The topological polar surface area (TPSA) is 63.1 Å². The van der Waals surface area contributed by atoms with Crippen molar-refractivity contribution in [2.45, 2.75) is 33.1 Å². The van der Waals surface area contributed by atoms with E-state index in [1.54, 1.807) is 11.8 Å². The molecule has 138 valence electrons. The highest BCUT2D eigenvalue weighted by Crippen LogP contribution is 2.20. The summed E-state index contributed by atoms with van der Waals surface area (Å²) in [5, 5.41) is 2.96. The SMILES string of the molecule is CCOC(=O)N1CC[NH+](CC(=O)Nc2ccc([C@@H](C)CC)cc2)CC1. The van der Waals surface area contributed by atoms with E-state index < -0.39 is 0 Å². The normalized spacial score (nSPS) is 16.4. The molecule has 0 bridgehead atoms. The molecule has 1 aliphatic rings. The maximum atomic E-state index is 12.2. The van der Waals surface area contributed by atoms with Crippen molar-refractivity contribution in [2.24, 2.45) is 0 Å². The van der Waals surface area contributed by atoms with Crippen molar-refractivity contribution in [3.8, 4) is 0 Å². The zero-order valence-electron chi connectivity index (χ0n) is 15.5. The molecule has 0 aliphatic carbocycles. The van der Waals surface area contributed by atoms with E-state index in [9.17, 15) is 9.59 Å². The van der Waals surface area contributed by atoms with E-state index in [0.717, 1.165) is 25.2 Å². The number of carbonyl (C=O) groups is 2. The first-order chi connectivity index (χ1) is 12.0. The molecule has 0 spiro atoms. The van der Waals surface area contributed by atoms with Crippen LogP contribution in [0.2, 0.25) is 0 Å². The molecule has 6 nitrogen and oxygen atoms in total. The Kier molecular flexibility index (Phi) is 7.25. The molecule has 0 unspecified atom stereocenters. The molecule has 1 saturated heterocycles. The van der Waals surface area contributed by atoms with Crippen LogP contribution in [0.5, 0.6) is 0 Å². The molecule has 1 aromatic carbocycles. The molecule has 1 atom stereocenters. The van der Waals surface area contributed by atoms with Crippen LogP contribution in [0.15, 0.2) is 24.3 Å². The third kappa shape index (κ3) is 5.74. The second-order valence-corrected chi connectivity index (χ2v) is 6.59. The Morgan fingerprint density at radius 3 is 2.40 bits per heavy atom. The molecule has 1 fully saturated rings. The van der Waals surface area contributed by atoms with Crippen molar-refractivity contribution in [1.82, 2.24) is 4.90 Å². The lowest BCUT2D eigenvalue weighted by atomic mass is 9.99. The van der Waals surface area contributed by atoms with E-state index in [0.29, 0.717) is 32.2 Å². The number of quaternary nitrogens is 1. The number of carbonyl (C=O) groups excluding carboxylic acids is 2. The van der Waals surface area contributed by atoms with Gasteiger partial charge in [-0.2, -0.15) is 0 Å². The Hall–Kier alpha value is -2.08. The number of nitrogens with one attached hydrogen (secondary N) is 2. The quantitative estimate of drug-likeness (QED) is 0.819. The van der Waals surface area contributed by atoms with Gasteiger partial charge in [0.15, 0.2) is 6.54 Å². The van der Waals surface area contributed by atoms with Crippen molar-refractivity contribution in [3.05, 3.63) is 29.8 Å². The van der Waals surface area contributed by atoms with Gasteiger partial charge in [-0.3, -0.25) is 9.69 Å². The zero-order valence-corrected chi connectivity index (χ0v) is 15.5. The molecular weight excluding hydrogens is 318 g/mol. The summed E-state index contributed by atoms with van der Waals surface area (Å²) in [5.41, 5.74) is 2.13. The van der Waals surface area contributed by atoms with Gasteiger partial charge < -0.3 is 15.0 Å². The van der Waals surface area contributed by atoms with Gasteiger partial charge in [0, 0.05) is 5.69 Å². The van der Waals surface area contributed by atoms with Gasteiger partial charge in [-0.15, -0.1) is 0 Å².